The minimum Gasteiger partial charge on any atom is -0.393 e. The quantitative estimate of drug-likeness (QED) is 0.568. The molecule has 0 aromatic rings. The first-order chi connectivity index (χ1) is 9.24. The van der Waals surface area contributed by atoms with Crippen LogP contribution in [-0.2, 0) is 14.2 Å². The van der Waals surface area contributed by atoms with E-state index in [9.17, 15) is 5.11 Å². The number of rotatable bonds is 11. The summed E-state index contributed by atoms with van der Waals surface area (Å²) in [4.78, 5) is 2.43. The molecule has 1 aliphatic heterocycles. The van der Waals surface area contributed by atoms with Crippen molar-refractivity contribution in [3.8, 4) is 0 Å². The van der Waals surface area contributed by atoms with Crippen molar-refractivity contribution in [3.05, 3.63) is 0 Å². The molecular weight excluding hydrogens is 246 g/mol. The third kappa shape index (κ3) is 7.84. The van der Waals surface area contributed by atoms with Gasteiger partial charge in [0.2, 0.25) is 0 Å². The Bertz CT molecular complexity index is 214. The molecule has 0 spiro atoms. The summed E-state index contributed by atoms with van der Waals surface area (Å²) < 4.78 is 15.8. The summed E-state index contributed by atoms with van der Waals surface area (Å²) >= 11 is 0. The van der Waals surface area contributed by atoms with Crippen molar-refractivity contribution >= 4 is 0 Å². The molecule has 0 aromatic carbocycles. The normalized spacial score (nSPS) is 21.9. The number of likely N-dealkylation sites (tertiary alicyclic amines) is 1. The van der Waals surface area contributed by atoms with Crippen molar-refractivity contribution in [2.75, 3.05) is 53.2 Å². The minimum absolute atomic E-state index is 0.208. The molecule has 19 heavy (non-hydrogen) atoms. The van der Waals surface area contributed by atoms with Crippen LogP contribution >= 0.6 is 0 Å². The Morgan fingerprint density at radius 3 is 2.53 bits per heavy atom. The second-order valence-electron chi connectivity index (χ2n) is 5.13. The molecule has 2 atom stereocenters. The highest BCUT2D eigenvalue weighted by molar-refractivity contribution is 4.80. The van der Waals surface area contributed by atoms with Crippen molar-refractivity contribution < 1.29 is 19.3 Å². The molecule has 1 N–H and O–H groups in total. The Labute approximate surface area is 116 Å². The zero-order chi connectivity index (χ0) is 13.9. The number of nitrogens with zero attached hydrogens (tertiary/aromatic N) is 1. The molecule has 1 rings (SSSR count). The van der Waals surface area contributed by atoms with Gasteiger partial charge in [0.15, 0.2) is 0 Å². The third-order valence-electron chi connectivity index (χ3n) is 3.44. The molecule has 1 saturated heterocycles. The Hall–Kier alpha value is -0.200. The Morgan fingerprint density at radius 1 is 1.16 bits per heavy atom. The van der Waals surface area contributed by atoms with Gasteiger partial charge in [0.05, 0.1) is 39.1 Å². The standard InChI is InChI=1S/C14H29NO4/c1-13(16)12-14-4-3-5-15(14)6-7-18-10-11-19-9-8-17-2/h13-14,16H,3-12H2,1-2H3. The van der Waals surface area contributed by atoms with Gasteiger partial charge in [-0.15, -0.1) is 0 Å². The van der Waals surface area contributed by atoms with Crippen LogP contribution in [0.5, 0.6) is 0 Å². The number of methoxy groups -OCH3 is 1. The van der Waals surface area contributed by atoms with Gasteiger partial charge in [0, 0.05) is 19.7 Å². The number of hydrogen-bond donors (Lipinski definition) is 1. The van der Waals surface area contributed by atoms with Gasteiger partial charge in [-0.3, -0.25) is 4.90 Å². The molecule has 2 unspecified atom stereocenters. The molecule has 0 radical (unpaired) electrons. The van der Waals surface area contributed by atoms with E-state index in [2.05, 4.69) is 4.90 Å². The Kier molecular flexibility index (Phi) is 9.38. The van der Waals surface area contributed by atoms with Gasteiger partial charge in [0.1, 0.15) is 0 Å². The van der Waals surface area contributed by atoms with Crippen LogP contribution in [0.25, 0.3) is 0 Å². The van der Waals surface area contributed by atoms with Crippen LogP contribution in [0.4, 0.5) is 0 Å². The summed E-state index contributed by atoms with van der Waals surface area (Å²) in [5.74, 6) is 0. The fourth-order valence-electron chi connectivity index (χ4n) is 2.50. The number of aliphatic hydroxyl groups excluding tert-OH is 1. The van der Waals surface area contributed by atoms with E-state index in [1.54, 1.807) is 7.11 Å². The van der Waals surface area contributed by atoms with E-state index in [1.807, 2.05) is 6.92 Å². The Morgan fingerprint density at radius 2 is 1.84 bits per heavy atom. The van der Waals surface area contributed by atoms with E-state index in [1.165, 1.54) is 12.8 Å². The van der Waals surface area contributed by atoms with E-state index in [4.69, 9.17) is 14.2 Å². The second kappa shape index (κ2) is 10.6. The lowest BCUT2D eigenvalue weighted by Crippen LogP contribution is -2.34. The summed E-state index contributed by atoms with van der Waals surface area (Å²) in [6.45, 7) is 7.21. The SMILES string of the molecule is COCCOCCOCCN1CCCC1CC(C)O. The molecule has 0 aliphatic carbocycles. The predicted octanol–water partition coefficient (Wildman–Crippen LogP) is 0.901. The van der Waals surface area contributed by atoms with Crippen molar-refractivity contribution in [1.29, 1.82) is 0 Å². The largest absolute Gasteiger partial charge is 0.393 e. The van der Waals surface area contributed by atoms with Crippen molar-refractivity contribution in [1.82, 2.24) is 4.90 Å². The molecule has 0 amide bonds. The van der Waals surface area contributed by atoms with E-state index < -0.39 is 0 Å². The average molecular weight is 275 g/mol. The summed E-state index contributed by atoms with van der Waals surface area (Å²) in [6, 6.07) is 0.529. The highest BCUT2D eigenvalue weighted by Crippen LogP contribution is 2.20. The zero-order valence-corrected chi connectivity index (χ0v) is 12.3. The van der Waals surface area contributed by atoms with E-state index in [0.717, 1.165) is 26.1 Å². The van der Waals surface area contributed by atoms with Crippen molar-refractivity contribution in [2.24, 2.45) is 0 Å². The topological polar surface area (TPSA) is 51.2 Å². The molecule has 5 heteroatoms. The van der Waals surface area contributed by atoms with Crippen molar-refractivity contribution in [3.63, 3.8) is 0 Å². The van der Waals surface area contributed by atoms with Gasteiger partial charge in [-0.1, -0.05) is 0 Å². The fraction of sp³-hybridized carbons (Fsp3) is 1.00. The molecule has 1 fully saturated rings. The van der Waals surface area contributed by atoms with Gasteiger partial charge >= 0.3 is 0 Å². The molecule has 5 nitrogen and oxygen atoms in total. The summed E-state index contributed by atoms with van der Waals surface area (Å²) in [7, 11) is 1.67. The van der Waals surface area contributed by atoms with Crippen LogP contribution in [0.15, 0.2) is 0 Å². The monoisotopic (exact) mass is 275 g/mol. The van der Waals surface area contributed by atoms with Gasteiger partial charge in [0.25, 0.3) is 0 Å². The highest BCUT2D eigenvalue weighted by Gasteiger charge is 2.24. The fourth-order valence-corrected chi connectivity index (χ4v) is 2.50. The lowest BCUT2D eigenvalue weighted by Gasteiger charge is -2.25. The van der Waals surface area contributed by atoms with Gasteiger partial charge in [-0.05, 0) is 32.7 Å². The van der Waals surface area contributed by atoms with Crippen LogP contribution in [0.3, 0.4) is 0 Å². The maximum atomic E-state index is 9.46. The van der Waals surface area contributed by atoms with Crippen LogP contribution in [0.2, 0.25) is 0 Å². The lowest BCUT2D eigenvalue weighted by atomic mass is 10.1. The van der Waals surface area contributed by atoms with E-state index in [0.29, 0.717) is 32.5 Å². The van der Waals surface area contributed by atoms with Gasteiger partial charge in [-0.2, -0.15) is 0 Å². The average Bonchev–Trinajstić information content (AvgIpc) is 2.79. The third-order valence-corrected chi connectivity index (χ3v) is 3.44. The first kappa shape index (κ1) is 16.9. The van der Waals surface area contributed by atoms with Crippen LogP contribution in [0.1, 0.15) is 26.2 Å². The summed E-state index contributed by atoms with van der Waals surface area (Å²) in [5, 5.41) is 9.46. The molecule has 1 aliphatic rings. The second-order valence-corrected chi connectivity index (χ2v) is 5.13. The molecule has 0 aromatic heterocycles. The molecule has 114 valence electrons. The number of aliphatic hydroxyl groups is 1. The maximum Gasteiger partial charge on any atom is 0.0701 e. The van der Waals surface area contributed by atoms with E-state index >= 15 is 0 Å². The maximum absolute atomic E-state index is 9.46. The highest BCUT2D eigenvalue weighted by atomic mass is 16.5. The number of ether oxygens (including phenoxy) is 3. The lowest BCUT2D eigenvalue weighted by molar-refractivity contribution is 0.0173. The van der Waals surface area contributed by atoms with Crippen LogP contribution < -0.4 is 0 Å². The molecule has 0 saturated carbocycles. The van der Waals surface area contributed by atoms with Crippen molar-refractivity contribution in [2.45, 2.75) is 38.3 Å². The Balaban J connectivity index is 1.96. The van der Waals surface area contributed by atoms with Crippen LogP contribution in [-0.4, -0.2) is 75.4 Å². The van der Waals surface area contributed by atoms with Crippen LogP contribution in [0, 0.1) is 0 Å². The molecule has 1 heterocycles. The first-order valence-corrected chi connectivity index (χ1v) is 7.30. The van der Waals surface area contributed by atoms with E-state index in [-0.39, 0.29) is 6.10 Å². The molecular formula is C14H29NO4. The summed E-state index contributed by atoms with van der Waals surface area (Å²) in [6.07, 6.45) is 3.10. The smallest absolute Gasteiger partial charge is 0.0701 e. The predicted molar refractivity (Wildman–Crippen MR) is 74.4 cm³/mol. The minimum atomic E-state index is -0.208. The van der Waals surface area contributed by atoms with Gasteiger partial charge in [-0.25, -0.2) is 0 Å². The number of hydrogen-bond acceptors (Lipinski definition) is 5. The molecule has 0 bridgehead atoms. The summed E-state index contributed by atoms with van der Waals surface area (Å²) in [5.41, 5.74) is 0. The van der Waals surface area contributed by atoms with Gasteiger partial charge < -0.3 is 19.3 Å². The zero-order valence-electron chi connectivity index (χ0n) is 12.3. The first-order valence-electron chi connectivity index (χ1n) is 7.30.